The Morgan fingerprint density at radius 1 is 1.53 bits per heavy atom. The number of aromatic nitrogens is 2. The summed E-state index contributed by atoms with van der Waals surface area (Å²) in [6.45, 7) is 5.11. The summed E-state index contributed by atoms with van der Waals surface area (Å²) in [7, 11) is 0. The van der Waals surface area contributed by atoms with Crippen molar-refractivity contribution in [3.8, 4) is 0 Å². The van der Waals surface area contributed by atoms with Gasteiger partial charge in [0, 0.05) is 18.8 Å². The third kappa shape index (κ3) is 2.72. The molecule has 1 N–H and O–H groups in total. The molecule has 1 aromatic rings. The van der Waals surface area contributed by atoms with E-state index in [1.807, 2.05) is 4.90 Å². The van der Waals surface area contributed by atoms with Gasteiger partial charge in [0.2, 0.25) is 0 Å². The van der Waals surface area contributed by atoms with E-state index in [9.17, 15) is 4.79 Å². The molecule has 0 aromatic carbocycles. The lowest BCUT2D eigenvalue weighted by Gasteiger charge is -2.37. The zero-order valence-corrected chi connectivity index (χ0v) is 10.3. The molecule has 92 valence electrons. The first-order chi connectivity index (χ1) is 8.18. The summed E-state index contributed by atoms with van der Waals surface area (Å²) in [5.41, 5.74) is 0. The van der Waals surface area contributed by atoms with E-state index in [2.05, 4.69) is 29.1 Å². The van der Waals surface area contributed by atoms with Gasteiger partial charge in [-0.05, 0) is 31.7 Å². The molecule has 2 atom stereocenters. The fraction of sp³-hybridized carbons (Fsp3) is 0.583. The number of carbonyl (C=O) groups is 1. The normalized spacial score (nSPS) is 24.5. The molecule has 1 fully saturated rings. The second-order valence-electron chi connectivity index (χ2n) is 4.58. The number of rotatable bonds is 1. The van der Waals surface area contributed by atoms with Crippen LogP contribution >= 0.6 is 0 Å². The molecule has 5 nitrogen and oxygen atoms in total. The Morgan fingerprint density at radius 2 is 2.35 bits per heavy atom. The molecular weight excluding hydrogens is 216 g/mol. The highest BCUT2D eigenvalue weighted by molar-refractivity contribution is 5.88. The van der Waals surface area contributed by atoms with Gasteiger partial charge in [0.15, 0.2) is 0 Å². The van der Waals surface area contributed by atoms with Gasteiger partial charge in [-0.3, -0.25) is 5.32 Å². The van der Waals surface area contributed by atoms with Gasteiger partial charge in [-0.15, -0.1) is 0 Å². The predicted molar refractivity (Wildman–Crippen MR) is 65.6 cm³/mol. The van der Waals surface area contributed by atoms with Crippen LogP contribution in [0.2, 0.25) is 0 Å². The number of nitrogens with one attached hydrogen (secondary N) is 1. The van der Waals surface area contributed by atoms with Crippen molar-refractivity contribution < 1.29 is 4.79 Å². The van der Waals surface area contributed by atoms with Crippen molar-refractivity contribution in [2.45, 2.75) is 32.7 Å². The maximum Gasteiger partial charge on any atom is 0.323 e. The minimum absolute atomic E-state index is 0.0669. The lowest BCUT2D eigenvalue weighted by Crippen LogP contribution is -2.48. The van der Waals surface area contributed by atoms with Gasteiger partial charge in [0.1, 0.15) is 12.1 Å². The zero-order chi connectivity index (χ0) is 12.3. The Balaban J connectivity index is 2.00. The molecule has 1 aliphatic rings. The Labute approximate surface area is 101 Å². The van der Waals surface area contributed by atoms with E-state index in [-0.39, 0.29) is 12.1 Å². The lowest BCUT2D eigenvalue weighted by atomic mass is 9.92. The first kappa shape index (κ1) is 11.8. The smallest absolute Gasteiger partial charge is 0.322 e. The van der Waals surface area contributed by atoms with Gasteiger partial charge in [-0.25, -0.2) is 14.8 Å². The average molecular weight is 234 g/mol. The van der Waals surface area contributed by atoms with Gasteiger partial charge in [-0.2, -0.15) is 0 Å². The zero-order valence-electron chi connectivity index (χ0n) is 10.3. The molecule has 1 saturated heterocycles. The number of likely N-dealkylation sites (tertiary alicyclic amines) is 1. The van der Waals surface area contributed by atoms with Gasteiger partial charge < -0.3 is 4.90 Å². The van der Waals surface area contributed by atoms with Gasteiger partial charge in [0.25, 0.3) is 0 Å². The van der Waals surface area contributed by atoms with Crippen LogP contribution in [0.1, 0.15) is 26.7 Å². The Bertz CT molecular complexity index is 381. The van der Waals surface area contributed by atoms with Gasteiger partial charge >= 0.3 is 6.03 Å². The first-order valence-corrected chi connectivity index (χ1v) is 6.02. The van der Waals surface area contributed by atoms with Crippen molar-refractivity contribution in [1.82, 2.24) is 14.9 Å². The minimum Gasteiger partial charge on any atom is -0.322 e. The molecule has 1 aliphatic heterocycles. The molecule has 0 aliphatic carbocycles. The number of carbonyl (C=O) groups excluding carboxylic acids is 1. The number of urea groups is 1. The monoisotopic (exact) mass is 234 g/mol. The molecule has 2 rings (SSSR count). The molecule has 0 saturated carbocycles. The summed E-state index contributed by atoms with van der Waals surface area (Å²) in [4.78, 5) is 21.8. The largest absolute Gasteiger partial charge is 0.323 e. The Kier molecular flexibility index (Phi) is 3.56. The van der Waals surface area contributed by atoms with Crippen molar-refractivity contribution in [3.05, 3.63) is 18.6 Å². The molecule has 0 unspecified atom stereocenters. The van der Waals surface area contributed by atoms with Crippen LogP contribution in [0.3, 0.4) is 0 Å². The Morgan fingerprint density at radius 3 is 3.06 bits per heavy atom. The van der Waals surface area contributed by atoms with Crippen molar-refractivity contribution in [2.75, 3.05) is 11.9 Å². The van der Waals surface area contributed by atoms with Crippen molar-refractivity contribution in [3.63, 3.8) is 0 Å². The van der Waals surface area contributed by atoms with Crippen LogP contribution in [0.15, 0.2) is 18.6 Å². The van der Waals surface area contributed by atoms with Crippen LogP contribution in [-0.2, 0) is 0 Å². The molecular formula is C12H18N4O. The van der Waals surface area contributed by atoms with Crippen LogP contribution in [0, 0.1) is 5.92 Å². The number of hydrogen-bond acceptors (Lipinski definition) is 3. The predicted octanol–water partition coefficient (Wildman–Crippen LogP) is 2.13. The number of nitrogens with zero attached hydrogens (tertiary/aromatic N) is 3. The molecule has 1 aromatic heterocycles. The first-order valence-electron chi connectivity index (χ1n) is 6.02. The summed E-state index contributed by atoms with van der Waals surface area (Å²) in [5.74, 6) is 1.11. The number of amides is 2. The second kappa shape index (κ2) is 5.12. The highest BCUT2D eigenvalue weighted by atomic mass is 16.2. The third-order valence-corrected chi connectivity index (χ3v) is 3.45. The molecule has 2 heterocycles. The maximum absolute atomic E-state index is 12.1. The van der Waals surface area contributed by atoms with Gasteiger partial charge in [0.05, 0.1) is 0 Å². The SMILES string of the molecule is C[C@@H]1[C@@H](C)CCCN1C(=O)Nc1ccncn1. The maximum atomic E-state index is 12.1. The van der Waals surface area contributed by atoms with Crippen LogP contribution in [-0.4, -0.2) is 33.5 Å². The van der Waals surface area contributed by atoms with Crippen molar-refractivity contribution >= 4 is 11.8 Å². The number of hydrogen-bond donors (Lipinski definition) is 1. The van der Waals surface area contributed by atoms with E-state index in [4.69, 9.17) is 0 Å². The van der Waals surface area contributed by atoms with Gasteiger partial charge in [-0.1, -0.05) is 6.92 Å². The summed E-state index contributed by atoms with van der Waals surface area (Å²) >= 11 is 0. The standard InChI is InChI=1S/C12H18N4O/c1-9-4-3-7-16(10(9)2)12(17)15-11-5-6-13-8-14-11/h5-6,8-10H,3-4,7H2,1-2H3,(H,13,14,15,17)/t9-,10+/m0/s1. The van der Waals surface area contributed by atoms with Crippen LogP contribution < -0.4 is 5.32 Å². The van der Waals surface area contributed by atoms with Crippen molar-refractivity contribution in [1.29, 1.82) is 0 Å². The summed E-state index contributed by atoms with van der Waals surface area (Å²) in [5, 5.41) is 2.80. The molecule has 0 spiro atoms. The highest BCUT2D eigenvalue weighted by Crippen LogP contribution is 2.23. The summed E-state index contributed by atoms with van der Waals surface area (Å²) in [6.07, 6.45) is 5.31. The average Bonchev–Trinajstić information content (AvgIpc) is 2.34. The molecule has 17 heavy (non-hydrogen) atoms. The van der Waals surface area contributed by atoms with Crippen LogP contribution in [0.25, 0.3) is 0 Å². The quantitative estimate of drug-likeness (QED) is 0.809. The highest BCUT2D eigenvalue weighted by Gasteiger charge is 2.28. The third-order valence-electron chi connectivity index (χ3n) is 3.45. The number of anilines is 1. The van der Waals surface area contributed by atoms with E-state index in [0.717, 1.165) is 13.0 Å². The molecule has 0 radical (unpaired) electrons. The fourth-order valence-corrected chi connectivity index (χ4v) is 2.17. The van der Waals surface area contributed by atoms with E-state index < -0.39 is 0 Å². The lowest BCUT2D eigenvalue weighted by molar-refractivity contribution is 0.139. The second-order valence-corrected chi connectivity index (χ2v) is 4.58. The molecule has 5 heteroatoms. The van der Waals surface area contributed by atoms with E-state index in [1.54, 1.807) is 12.3 Å². The molecule has 2 amide bonds. The minimum atomic E-state index is -0.0669. The van der Waals surface area contributed by atoms with E-state index >= 15 is 0 Å². The van der Waals surface area contributed by atoms with Crippen molar-refractivity contribution in [2.24, 2.45) is 5.92 Å². The van der Waals surface area contributed by atoms with E-state index in [1.165, 1.54) is 12.7 Å². The van der Waals surface area contributed by atoms with E-state index in [0.29, 0.717) is 11.7 Å². The summed E-state index contributed by atoms with van der Waals surface area (Å²) < 4.78 is 0. The van der Waals surface area contributed by atoms with Crippen LogP contribution in [0.5, 0.6) is 0 Å². The Hall–Kier alpha value is -1.65. The molecule has 0 bridgehead atoms. The number of piperidine rings is 1. The summed E-state index contributed by atoms with van der Waals surface area (Å²) in [6, 6.07) is 1.91. The fourth-order valence-electron chi connectivity index (χ4n) is 2.17. The topological polar surface area (TPSA) is 58.1 Å². The van der Waals surface area contributed by atoms with Crippen LogP contribution in [0.4, 0.5) is 10.6 Å².